The van der Waals surface area contributed by atoms with Crippen LogP contribution in [0.2, 0.25) is 5.02 Å². The highest BCUT2D eigenvalue weighted by molar-refractivity contribution is 6.30. The number of halogens is 1. The lowest BCUT2D eigenvalue weighted by atomic mass is 9.96. The number of urea groups is 1. The van der Waals surface area contributed by atoms with Crippen LogP contribution in [0.1, 0.15) is 31.2 Å². The summed E-state index contributed by atoms with van der Waals surface area (Å²) in [6, 6.07) is 7.58. The predicted octanol–water partition coefficient (Wildman–Crippen LogP) is 2.83. The van der Waals surface area contributed by atoms with E-state index in [-0.39, 0.29) is 17.9 Å². The Kier molecular flexibility index (Phi) is 5.66. The van der Waals surface area contributed by atoms with Crippen LogP contribution in [0, 0.1) is 5.41 Å². The van der Waals surface area contributed by atoms with Crippen LogP contribution in [0.4, 0.5) is 4.79 Å². The summed E-state index contributed by atoms with van der Waals surface area (Å²) in [6.45, 7) is 1.00. The fraction of sp³-hybridized carbons (Fsp3) is 0.500. The summed E-state index contributed by atoms with van der Waals surface area (Å²) >= 11 is 5.99. The number of carboxylic acids is 1. The number of aliphatic carboxylic acids is 1. The minimum absolute atomic E-state index is 0.0684. The van der Waals surface area contributed by atoms with Crippen LogP contribution in [0.5, 0.6) is 0 Å². The van der Waals surface area contributed by atoms with Gasteiger partial charge in [0.2, 0.25) is 0 Å². The van der Waals surface area contributed by atoms with E-state index in [1.165, 1.54) is 5.56 Å². The number of hydrogen-bond donors (Lipinski definition) is 3. The average molecular weight is 325 g/mol. The molecule has 1 aromatic rings. The first kappa shape index (κ1) is 16.6. The van der Waals surface area contributed by atoms with Crippen LogP contribution in [0.15, 0.2) is 24.3 Å². The van der Waals surface area contributed by atoms with Crippen LogP contribution in [-0.2, 0) is 11.2 Å². The molecule has 0 bridgehead atoms. The molecule has 2 rings (SSSR count). The summed E-state index contributed by atoms with van der Waals surface area (Å²) in [7, 11) is 0. The lowest BCUT2D eigenvalue weighted by Crippen LogP contribution is -2.39. The van der Waals surface area contributed by atoms with Gasteiger partial charge in [0.15, 0.2) is 0 Å². The topological polar surface area (TPSA) is 78.4 Å². The summed E-state index contributed by atoms with van der Waals surface area (Å²) in [4.78, 5) is 22.0. The highest BCUT2D eigenvalue weighted by Gasteiger charge is 2.42. The van der Waals surface area contributed by atoms with Gasteiger partial charge >= 0.3 is 12.0 Å². The molecular formula is C16H21ClN2O3. The normalized spacial score (nSPS) is 15.1. The van der Waals surface area contributed by atoms with Crippen molar-refractivity contribution < 1.29 is 14.7 Å². The largest absolute Gasteiger partial charge is 0.481 e. The van der Waals surface area contributed by atoms with Gasteiger partial charge in [0.05, 0.1) is 0 Å². The third kappa shape index (κ3) is 5.56. The molecule has 0 saturated heterocycles. The number of carbonyl (C=O) groups is 2. The SMILES string of the molecule is O=C(O)CCCNC(=O)NCC1(Cc2cccc(Cl)c2)CC1. The number of rotatable bonds is 8. The van der Waals surface area contributed by atoms with E-state index in [9.17, 15) is 9.59 Å². The molecule has 5 nitrogen and oxygen atoms in total. The van der Waals surface area contributed by atoms with Gasteiger partial charge in [0.1, 0.15) is 0 Å². The number of nitrogens with one attached hydrogen (secondary N) is 2. The van der Waals surface area contributed by atoms with Gasteiger partial charge in [-0.2, -0.15) is 0 Å². The number of amides is 2. The second-order valence-electron chi connectivity index (χ2n) is 5.91. The minimum Gasteiger partial charge on any atom is -0.481 e. The van der Waals surface area contributed by atoms with Crippen LogP contribution in [-0.4, -0.2) is 30.2 Å². The third-order valence-corrected chi connectivity index (χ3v) is 4.14. The van der Waals surface area contributed by atoms with Gasteiger partial charge in [-0.1, -0.05) is 23.7 Å². The van der Waals surface area contributed by atoms with Crippen molar-refractivity contribution in [3.05, 3.63) is 34.9 Å². The molecule has 1 saturated carbocycles. The van der Waals surface area contributed by atoms with E-state index in [1.54, 1.807) is 0 Å². The number of carbonyl (C=O) groups excluding carboxylic acids is 1. The molecule has 2 amide bonds. The monoisotopic (exact) mass is 324 g/mol. The Morgan fingerprint density at radius 2 is 2.05 bits per heavy atom. The van der Waals surface area contributed by atoms with Crippen molar-refractivity contribution in [1.29, 1.82) is 0 Å². The first-order valence-electron chi connectivity index (χ1n) is 7.47. The Balaban J connectivity index is 1.69. The van der Waals surface area contributed by atoms with Crippen molar-refractivity contribution >= 4 is 23.6 Å². The van der Waals surface area contributed by atoms with E-state index >= 15 is 0 Å². The molecule has 1 aliphatic carbocycles. The van der Waals surface area contributed by atoms with E-state index in [4.69, 9.17) is 16.7 Å². The van der Waals surface area contributed by atoms with E-state index in [1.807, 2.05) is 18.2 Å². The Bertz CT molecular complexity index is 544. The highest BCUT2D eigenvalue weighted by Crippen LogP contribution is 2.47. The zero-order valence-corrected chi connectivity index (χ0v) is 13.2. The average Bonchev–Trinajstić information content (AvgIpc) is 3.21. The molecule has 6 heteroatoms. The van der Waals surface area contributed by atoms with Gasteiger partial charge in [-0.25, -0.2) is 4.79 Å². The van der Waals surface area contributed by atoms with Crippen molar-refractivity contribution in [3.63, 3.8) is 0 Å². The van der Waals surface area contributed by atoms with Crippen LogP contribution < -0.4 is 10.6 Å². The van der Waals surface area contributed by atoms with Gasteiger partial charge in [-0.05, 0) is 48.8 Å². The maximum atomic E-state index is 11.7. The number of benzene rings is 1. The first-order valence-corrected chi connectivity index (χ1v) is 7.85. The predicted molar refractivity (Wildman–Crippen MR) is 85.1 cm³/mol. The zero-order valence-electron chi connectivity index (χ0n) is 12.4. The lowest BCUT2D eigenvalue weighted by molar-refractivity contribution is -0.137. The van der Waals surface area contributed by atoms with Crippen LogP contribution in [0.25, 0.3) is 0 Å². The number of hydrogen-bond acceptors (Lipinski definition) is 2. The van der Waals surface area contributed by atoms with Crippen molar-refractivity contribution in [2.75, 3.05) is 13.1 Å². The molecule has 1 aromatic carbocycles. The molecule has 0 aromatic heterocycles. The maximum absolute atomic E-state index is 11.7. The van der Waals surface area contributed by atoms with Crippen molar-refractivity contribution in [2.45, 2.75) is 32.1 Å². The zero-order chi connectivity index (χ0) is 16.0. The smallest absolute Gasteiger partial charge is 0.314 e. The Labute approximate surface area is 135 Å². The second kappa shape index (κ2) is 7.49. The fourth-order valence-electron chi connectivity index (χ4n) is 2.44. The van der Waals surface area contributed by atoms with E-state index < -0.39 is 5.97 Å². The molecule has 0 atom stereocenters. The molecule has 3 N–H and O–H groups in total. The summed E-state index contributed by atoms with van der Waals surface area (Å²) in [6.07, 6.45) is 3.61. The Morgan fingerprint density at radius 3 is 2.68 bits per heavy atom. The number of carboxylic acid groups (broad SMARTS) is 1. The summed E-state index contributed by atoms with van der Waals surface area (Å²) in [5.41, 5.74) is 1.33. The van der Waals surface area contributed by atoms with Crippen LogP contribution in [0.3, 0.4) is 0 Å². The second-order valence-corrected chi connectivity index (χ2v) is 6.35. The molecule has 0 spiro atoms. The van der Waals surface area contributed by atoms with E-state index in [0.717, 1.165) is 24.3 Å². The molecule has 0 aliphatic heterocycles. The molecule has 0 unspecified atom stereocenters. The quantitative estimate of drug-likeness (QED) is 0.643. The van der Waals surface area contributed by atoms with Crippen molar-refractivity contribution in [1.82, 2.24) is 10.6 Å². The van der Waals surface area contributed by atoms with Gasteiger partial charge in [0, 0.05) is 24.5 Å². The summed E-state index contributed by atoms with van der Waals surface area (Å²) < 4.78 is 0. The molecule has 0 heterocycles. The van der Waals surface area contributed by atoms with Crippen LogP contribution >= 0.6 is 11.6 Å². The summed E-state index contributed by atoms with van der Waals surface area (Å²) in [5.74, 6) is -0.847. The Hall–Kier alpha value is -1.75. The molecule has 22 heavy (non-hydrogen) atoms. The van der Waals surface area contributed by atoms with E-state index in [0.29, 0.717) is 19.5 Å². The molecular weight excluding hydrogens is 304 g/mol. The van der Waals surface area contributed by atoms with Gasteiger partial charge in [-0.15, -0.1) is 0 Å². The van der Waals surface area contributed by atoms with Crippen molar-refractivity contribution in [3.8, 4) is 0 Å². The third-order valence-electron chi connectivity index (χ3n) is 3.90. The first-order chi connectivity index (χ1) is 10.5. The fourth-order valence-corrected chi connectivity index (χ4v) is 2.66. The standard InChI is InChI=1S/C16H21ClN2O3/c17-13-4-1-3-12(9-13)10-16(6-7-16)11-19-15(22)18-8-2-5-14(20)21/h1,3-4,9H,2,5-8,10-11H2,(H,20,21)(H2,18,19,22). The molecule has 120 valence electrons. The van der Waals surface area contributed by atoms with Gasteiger partial charge < -0.3 is 15.7 Å². The van der Waals surface area contributed by atoms with Gasteiger partial charge in [0.25, 0.3) is 0 Å². The van der Waals surface area contributed by atoms with E-state index in [2.05, 4.69) is 16.7 Å². The maximum Gasteiger partial charge on any atom is 0.314 e. The molecule has 1 fully saturated rings. The highest BCUT2D eigenvalue weighted by atomic mass is 35.5. The minimum atomic E-state index is -0.847. The van der Waals surface area contributed by atoms with Gasteiger partial charge in [-0.3, -0.25) is 4.79 Å². The van der Waals surface area contributed by atoms with Crippen molar-refractivity contribution in [2.24, 2.45) is 5.41 Å². The molecule has 0 radical (unpaired) electrons. The Morgan fingerprint density at radius 1 is 1.27 bits per heavy atom. The molecule has 1 aliphatic rings. The lowest BCUT2D eigenvalue weighted by Gasteiger charge is -2.16. The summed E-state index contributed by atoms with van der Waals surface area (Å²) in [5, 5.41) is 14.8.